The van der Waals surface area contributed by atoms with Crippen LogP contribution in [0.5, 0.6) is 5.88 Å². The van der Waals surface area contributed by atoms with Crippen LogP contribution in [0.3, 0.4) is 0 Å². The molecule has 0 atom stereocenters. The third kappa shape index (κ3) is 2.15. The average molecular weight is 252 g/mol. The maximum atomic E-state index is 12.4. The van der Waals surface area contributed by atoms with Gasteiger partial charge in [0.05, 0.1) is 12.8 Å². The second-order valence-electron chi connectivity index (χ2n) is 2.45. The number of aromatic nitrogens is 1. The Hall–Kier alpha value is -0.710. The molecule has 1 rings (SSSR count). The molecule has 0 aromatic carbocycles. The van der Waals surface area contributed by atoms with Gasteiger partial charge in [-0.15, -0.1) is 0 Å². The molecule has 0 aliphatic rings. The summed E-state index contributed by atoms with van der Waals surface area (Å²) in [6, 6.07) is 1.22. The molecule has 0 fully saturated rings. The van der Waals surface area contributed by atoms with E-state index in [2.05, 4.69) is 20.9 Å². The van der Waals surface area contributed by atoms with Crippen molar-refractivity contribution in [2.45, 2.75) is 13.3 Å². The van der Waals surface area contributed by atoms with Crippen molar-refractivity contribution in [3.8, 4) is 5.88 Å². The van der Waals surface area contributed by atoms with Crippen LogP contribution in [0.2, 0.25) is 0 Å². The van der Waals surface area contributed by atoms with Crippen molar-refractivity contribution >= 4 is 15.9 Å². The molecule has 2 nitrogen and oxygen atoms in total. The van der Waals surface area contributed by atoms with Gasteiger partial charge in [-0.05, 0) is 22.9 Å². The monoisotopic (exact) mass is 251 g/mol. The average Bonchev–Trinajstić information content (AvgIpc) is 2.09. The molecule has 0 aliphatic carbocycles. The molecule has 72 valence electrons. The summed E-state index contributed by atoms with van der Waals surface area (Å²) in [5.74, 6) is 0.205. The standard InChI is InChI=1S/C8H8BrF2NO/c1-4-7(9)5(8(10)11)3-6(12-4)13-2/h3,8H,1-2H3. The number of alkyl halides is 2. The van der Waals surface area contributed by atoms with Gasteiger partial charge in [0.25, 0.3) is 6.43 Å². The number of ether oxygens (including phenoxy) is 1. The van der Waals surface area contributed by atoms with Crippen molar-refractivity contribution in [2.75, 3.05) is 7.11 Å². The highest BCUT2D eigenvalue weighted by Gasteiger charge is 2.15. The van der Waals surface area contributed by atoms with E-state index in [0.29, 0.717) is 10.2 Å². The molecule has 0 radical (unpaired) electrons. The summed E-state index contributed by atoms with van der Waals surface area (Å²) in [6.45, 7) is 1.64. The third-order valence-electron chi connectivity index (χ3n) is 1.57. The van der Waals surface area contributed by atoms with Gasteiger partial charge in [-0.1, -0.05) is 0 Å². The van der Waals surface area contributed by atoms with Gasteiger partial charge in [0, 0.05) is 16.1 Å². The quantitative estimate of drug-likeness (QED) is 0.806. The molecule has 1 heterocycles. The van der Waals surface area contributed by atoms with Gasteiger partial charge in [-0.3, -0.25) is 0 Å². The predicted octanol–water partition coefficient (Wildman–Crippen LogP) is 3.10. The van der Waals surface area contributed by atoms with Crippen molar-refractivity contribution in [3.05, 3.63) is 21.8 Å². The second kappa shape index (κ2) is 4.00. The molecule has 13 heavy (non-hydrogen) atoms. The Bertz CT molecular complexity index is 317. The number of pyridine rings is 1. The Balaban J connectivity index is 3.25. The number of halogens is 3. The fraction of sp³-hybridized carbons (Fsp3) is 0.375. The molecular formula is C8H8BrF2NO. The summed E-state index contributed by atoms with van der Waals surface area (Å²) < 4.78 is 29.9. The molecule has 0 aliphatic heterocycles. The highest BCUT2D eigenvalue weighted by atomic mass is 79.9. The minimum atomic E-state index is -2.52. The zero-order valence-electron chi connectivity index (χ0n) is 7.14. The molecule has 0 bridgehead atoms. The van der Waals surface area contributed by atoms with E-state index >= 15 is 0 Å². The fourth-order valence-corrected chi connectivity index (χ4v) is 1.29. The highest BCUT2D eigenvalue weighted by Crippen LogP contribution is 2.31. The molecular weight excluding hydrogens is 244 g/mol. The van der Waals surface area contributed by atoms with E-state index in [0.717, 1.165) is 0 Å². The Labute approximate surface area is 83.1 Å². The lowest BCUT2D eigenvalue weighted by molar-refractivity contribution is 0.150. The molecule has 0 spiro atoms. The SMILES string of the molecule is COc1cc(C(F)F)c(Br)c(C)n1. The minimum absolute atomic E-state index is 0.0932. The molecule has 1 aromatic rings. The van der Waals surface area contributed by atoms with Crippen molar-refractivity contribution < 1.29 is 13.5 Å². The normalized spacial score (nSPS) is 10.6. The van der Waals surface area contributed by atoms with Crippen LogP contribution in [-0.4, -0.2) is 12.1 Å². The van der Waals surface area contributed by atoms with Gasteiger partial charge in [-0.25, -0.2) is 13.8 Å². The van der Waals surface area contributed by atoms with Gasteiger partial charge in [0.2, 0.25) is 5.88 Å². The first-order valence-electron chi connectivity index (χ1n) is 3.55. The predicted molar refractivity (Wildman–Crippen MR) is 48.2 cm³/mol. The van der Waals surface area contributed by atoms with E-state index in [-0.39, 0.29) is 11.4 Å². The van der Waals surface area contributed by atoms with Gasteiger partial charge in [0.1, 0.15) is 0 Å². The van der Waals surface area contributed by atoms with E-state index < -0.39 is 6.43 Å². The van der Waals surface area contributed by atoms with Crippen LogP contribution in [0.1, 0.15) is 17.7 Å². The first kappa shape index (κ1) is 10.4. The lowest BCUT2D eigenvalue weighted by Crippen LogP contribution is -1.96. The molecule has 0 saturated carbocycles. The number of aryl methyl sites for hydroxylation is 1. The summed E-state index contributed by atoms with van der Waals surface area (Å²) in [7, 11) is 1.39. The third-order valence-corrected chi connectivity index (χ3v) is 2.60. The van der Waals surface area contributed by atoms with Crippen LogP contribution in [0.25, 0.3) is 0 Å². The minimum Gasteiger partial charge on any atom is -0.481 e. The highest BCUT2D eigenvalue weighted by molar-refractivity contribution is 9.10. The fourth-order valence-electron chi connectivity index (χ4n) is 0.915. The maximum absolute atomic E-state index is 12.4. The van der Waals surface area contributed by atoms with Crippen LogP contribution in [-0.2, 0) is 0 Å². The summed E-state index contributed by atoms with van der Waals surface area (Å²) in [6.07, 6.45) is -2.52. The zero-order valence-corrected chi connectivity index (χ0v) is 8.73. The van der Waals surface area contributed by atoms with Crippen molar-refractivity contribution in [2.24, 2.45) is 0 Å². The molecule has 1 aromatic heterocycles. The number of hydrogen-bond acceptors (Lipinski definition) is 2. The zero-order chi connectivity index (χ0) is 10.0. The van der Waals surface area contributed by atoms with Crippen molar-refractivity contribution in [3.63, 3.8) is 0 Å². The van der Waals surface area contributed by atoms with Crippen LogP contribution in [0.4, 0.5) is 8.78 Å². The van der Waals surface area contributed by atoms with E-state index in [9.17, 15) is 8.78 Å². The van der Waals surface area contributed by atoms with E-state index in [4.69, 9.17) is 4.74 Å². The maximum Gasteiger partial charge on any atom is 0.265 e. The molecule has 0 N–H and O–H groups in total. The van der Waals surface area contributed by atoms with E-state index in [1.165, 1.54) is 13.2 Å². The van der Waals surface area contributed by atoms with E-state index in [1.807, 2.05) is 0 Å². The van der Waals surface area contributed by atoms with Crippen LogP contribution in [0, 0.1) is 6.92 Å². The van der Waals surface area contributed by atoms with Crippen LogP contribution in [0.15, 0.2) is 10.5 Å². The first-order chi connectivity index (χ1) is 6.06. The molecule has 5 heteroatoms. The van der Waals surface area contributed by atoms with Gasteiger partial charge in [-0.2, -0.15) is 0 Å². The van der Waals surface area contributed by atoms with E-state index in [1.54, 1.807) is 6.92 Å². The Morgan fingerprint density at radius 2 is 2.15 bits per heavy atom. The molecule has 0 saturated heterocycles. The lowest BCUT2D eigenvalue weighted by atomic mass is 10.2. The second-order valence-corrected chi connectivity index (χ2v) is 3.25. The smallest absolute Gasteiger partial charge is 0.265 e. The number of methoxy groups -OCH3 is 1. The van der Waals surface area contributed by atoms with Crippen LogP contribution < -0.4 is 4.74 Å². The summed E-state index contributed by atoms with van der Waals surface area (Å²) in [4.78, 5) is 3.93. The van der Waals surface area contributed by atoms with Gasteiger partial charge >= 0.3 is 0 Å². The number of rotatable bonds is 2. The Morgan fingerprint density at radius 3 is 2.62 bits per heavy atom. The van der Waals surface area contributed by atoms with Crippen molar-refractivity contribution in [1.29, 1.82) is 0 Å². The summed E-state index contributed by atoms with van der Waals surface area (Å²) in [5, 5.41) is 0. The lowest BCUT2D eigenvalue weighted by Gasteiger charge is -2.07. The van der Waals surface area contributed by atoms with Gasteiger partial charge in [0.15, 0.2) is 0 Å². The first-order valence-corrected chi connectivity index (χ1v) is 4.34. The number of hydrogen-bond donors (Lipinski definition) is 0. The largest absolute Gasteiger partial charge is 0.481 e. The van der Waals surface area contributed by atoms with Crippen LogP contribution >= 0.6 is 15.9 Å². The summed E-state index contributed by atoms with van der Waals surface area (Å²) in [5.41, 5.74) is 0.402. The number of nitrogens with zero attached hydrogens (tertiary/aromatic N) is 1. The molecule has 0 amide bonds. The van der Waals surface area contributed by atoms with Gasteiger partial charge < -0.3 is 4.74 Å². The van der Waals surface area contributed by atoms with Crippen molar-refractivity contribution in [1.82, 2.24) is 4.98 Å². The Morgan fingerprint density at radius 1 is 1.54 bits per heavy atom. The Kier molecular flexibility index (Phi) is 3.19. The summed E-state index contributed by atoms with van der Waals surface area (Å²) >= 11 is 3.05. The topological polar surface area (TPSA) is 22.1 Å². The molecule has 0 unspecified atom stereocenters.